The number of hydrogen-bond acceptors (Lipinski definition) is 1. The second-order valence-corrected chi connectivity index (χ2v) is 5.02. The molecule has 15 heavy (non-hydrogen) atoms. The van der Waals surface area contributed by atoms with Crippen LogP contribution in [0.25, 0.3) is 0 Å². The Morgan fingerprint density at radius 3 is 2.00 bits per heavy atom. The Kier molecular flexibility index (Phi) is 7.99. The van der Waals surface area contributed by atoms with Crippen LogP contribution in [-0.2, 0) is 0 Å². The van der Waals surface area contributed by atoms with E-state index in [0.29, 0.717) is 0 Å². The molecule has 1 heterocycles. The van der Waals surface area contributed by atoms with E-state index in [0.717, 1.165) is 0 Å². The first-order valence-corrected chi connectivity index (χ1v) is 7.16. The molecule has 0 spiro atoms. The average Bonchev–Trinajstić information content (AvgIpc) is 2.20. The Morgan fingerprint density at radius 2 is 1.33 bits per heavy atom. The van der Waals surface area contributed by atoms with Crippen LogP contribution in [0.2, 0.25) is 0 Å². The Labute approximate surface area is 96.2 Å². The first kappa shape index (κ1) is 13.0. The minimum absolute atomic E-state index is 1.36. The molecule has 0 saturated carbocycles. The van der Waals surface area contributed by atoms with Gasteiger partial charge < -0.3 is 4.90 Å². The van der Waals surface area contributed by atoms with Crippen molar-refractivity contribution in [3.63, 3.8) is 0 Å². The third-order valence-corrected chi connectivity index (χ3v) is 3.53. The summed E-state index contributed by atoms with van der Waals surface area (Å²) >= 11 is 0. The Morgan fingerprint density at radius 1 is 0.733 bits per heavy atom. The maximum absolute atomic E-state index is 2.70. The van der Waals surface area contributed by atoms with Crippen molar-refractivity contribution in [3.05, 3.63) is 0 Å². The molecule has 1 heteroatoms. The lowest BCUT2D eigenvalue weighted by Gasteiger charge is -2.24. The fraction of sp³-hybridized carbons (Fsp3) is 1.00. The van der Waals surface area contributed by atoms with Crippen LogP contribution in [0, 0.1) is 0 Å². The lowest BCUT2D eigenvalue weighted by molar-refractivity contribution is 0.242. The van der Waals surface area contributed by atoms with Gasteiger partial charge in [0.1, 0.15) is 0 Å². The molecule has 0 atom stereocenters. The predicted octanol–water partition coefficient (Wildman–Crippen LogP) is 4.22. The molecule has 0 N–H and O–H groups in total. The van der Waals surface area contributed by atoms with Gasteiger partial charge in [-0.2, -0.15) is 0 Å². The maximum Gasteiger partial charge on any atom is -0.00187 e. The van der Waals surface area contributed by atoms with E-state index in [-0.39, 0.29) is 0 Å². The van der Waals surface area contributed by atoms with Crippen molar-refractivity contribution in [2.45, 2.75) is 71.1 Å². The molecule has 1 aliphatic rings. The van der Waals surface area contributed by atoms with E-state index >= 15 is 0 Å². The van der Waals surface area contributed by atoms with Gasteiger partial charge in [-0.15, -0.1) is 0 Å². The van der Waals surface area contributed by atoms with Gasteiger partial charge in [-0.1, -0.05) is 51.9 Å². The van der Waals surface area contributed by atoms with Crippen LogP contribution in [0.4, 0.5) is 0 Å². The van der Waals surface area contributed by atoms with Gasteiger partial charge in [0.05, 0.1) is 0 Å². The summed E-state index contributed by atoms with van der Waals surface area (Å²) in [6.07, 6.45) is 14.4. The summed E-state index contributed by atoms with van der Waals surface area (Å²) in [4.78, 5) is 2.70. The van der Waals surface area contributed by atoms with Gasteiger partial charge >= 0.3 is 0 Å². The second kappa shape index (κ2) is 9.21. The first-order valence-electron chi connectivity index (χ1n) is 7.16. The third kappa shape index (κ3) is 6.94. The van der Waals surface area contributed by atoms with Gasteiger partial charge in [0.15, 0.2) is 0 Å². The standard InChI is InChI=1S/C14H29N/c1-2-3-4-6-9-12-15-13-10-7-5-8-11-14-15/h2-14H2,1H3. The van der Waals surface area contributed by atoms with E-state index in [9.17, 15) is 0 Å². The zero-order valence-corrected chi connectivity index (χ0v) is 10.6. The van der Waals surface area contributed by atoms with E-state index in [1.54, 1.807) is 0 Å². The predicted molar refractivity (Wildman–Crippen MR) is 68.3 cm³/mol. The molecular weight excluding hydrogens is 182 g/mol. The van der Waals surface area contributed by atoms with Gasteiger partial charge in [-0.05, 0) is 38.9 Å². The molecule has 0 aromatic rings. The summed E-state index contributed by atoms with van der Waals surface area (Å²) in [5.41, 5.74) is 0. The van der Waals surface area contributed by atoms with E-state index in [1.807, 2.05) is 0 Å². The van der Waals surface area contributed by atoms with Gasteiger partial charge in [-0.3, -0.25) is 0 Å². The molecule has 0 bridgehead atoms. The van der Waals surface area contributed by atoms with Crippen LogP contribution in [-0.4, -0.2) is 24.5 Å². The van der Waals surface area contributed by atoms with E-state index < -0.39 is 0 Å². The molecule has 1 fully saturated rings. The minimum Gasteiger partial charge on any atom is -0.303 e. The summed E-state index contributed by atoms with van der Waals surface area (Å²) in [6.45, 7) is 6.39. The average molecular weight is 211 g/mol. The molecule has 0 unspecified atom stereocenters. The SMILES string of the molecule is CCCCCCCN1CCCCCCC1. The van der Waals surface area contributed by atoms with Crippen molar-refractivity contribution in [2.75, 3.05) is 19.6 Å². The summed E-state index contributed by atoms with van der Waals surface area (Å²) in [6, 6.07) is 0. The first-order chi connectivity index (χ1) is 7.43. The van der Waals surface area contributed by atoms with Crippen LogP contribution in [0.5, 0.6) is 0 Å². The van der Waals surface area contributed by atoms with Crippen molar-refractivity contribution >= 4 is 0 Å². The molecule has 90 valence electrons. The molecule has 0 aromatic heterocycles. The molecule has 0 radical (unpaired) electrons. The second-order valence-electron chi connectivity index (χ2n) is 5.02. The lowest BCUT2D eigenvalue weighted by atomic mass is 10.1. The smallest absolute Gasteiger partial charge is 0.00187 e. The van der Waals surface area contributed by atoms with Gasteiger partial charge in [0.25, 0.3) is 0 Å². The van der Waals surface area contributed by atoms with Crippen molar-refractivity contribution in [2.24, 2.45) is 0 Å². The van der Waals surface area contributed by atoms with Crippen LogP contribution in [0.1, 0.15) is 71.1 Å². The molecule has 0 aliphatic carbocycles. The zero-order valence-electron chi connectivity index (χ0n) is 10.6. The Bertz CT molecular complexity index is 125. The fourth-order valence-corrected chi connectivity index (χ4v) is 2.48. The third-order valence-electron chi connectivity index (χ3n) is 3.53. The van der Waals surface area contributed by atoms with Crippen molar-refractivity contribution in [1.29, 1.82) is 0 Å². The Hall–Kier alpha value is -0.0400. The van der Waals surface area contributed by atoms with Gasteiger partial charge in [0, 0.05) is 0 Å². The zero-order chi connectivity index (χ0) is 10.8. The lowest BCUT2D eigenvalue weighted by Crippen LogP contribution is -2.28. The van der Waals surface area contributed by atoms with E-state index in [1.165, 1.54) is 83.8 Å². The fourth-order valence-electron chi connectivity index (χ4n) is 2.48. The topological polar surface area (TPSA) is 3.24 Å². The van der Waals surface area contributed by atoms with Crippen LogP contribution < -0.4 is 0 Å². The van der Waals surface area contributed by atoms with Gasteiger partial charge in [-0.25, -0.2) is 0 Å². The number of hydrogen-bond donors (Lipinski definition) is 0. The highest BCUT2D eigenvalue weighted by molar-refractivity contribution is 4.62. The minimum atomic E-state index is 1.36. The van der Waals surface area contributed by atoms with Crippen LogP contribution >= 0.6 is 0 Å². The van der Waals surface area contributed by atoms with Gasteiger partial charge in [0.2, 0.25) is 0 Å². The molecule has 0 amide bonds. The van der Waals surface area contributed by atoms with E-state index in [2.05, 4.69) is 11.8 Å². The molecule has 1 saturated heterocycles. The number of likely N-dealkylation sites (tertiary alicyclic amines) is 1. The molecule has 1 nitrogen and oxygen atoms in total. The maximum atomic E-state index is 2.70. The number of nitrogens with zero attached hydrogens (tertiary/aromatic N) is 1. The summed E-state index contributed by atoms with van der Waals surface area (Å²) < 4.78 is 0. The molecular formula is C14H29N. The van der Waals surface area contributed by atoms with Crippen LogP contribution in [0.3, 0.4) is 0 Å². The molecule has 1 rings (SSSR count). The number of unbranched alkanes of at least 4 members (excludes halogenated alkanes) is 4. The normalized spacial score (nSPS) is 19.8. The molecule has 0 aromatic carbocycles. The monoisotopic (exact) mass is 211 g/mol. The number of rotatable bonds is 6. The van der Waals surface area contributed by atoms with Crippen LogP contribution in [0.15, 0.2) is 0 Å². The summed E-state index contributed by atoms with van der Waals surface area (Å²) in [7, 11) is 0. The highest BCUT2D eigenvalue weighted by Crippen LogP contribution is 2.11. The van der Waals surface area contributed by atoms with Crippen molar-refractivity contribution in [3.8, 4) is 0 Å². The largest absolute Gasteiger partial charge is 0.303 e. The van der Waals surface area contributed by atoms with Crippen molar-refractivity contribution < 1.29 is 0 Å². The quantitative estimate of drug-likeness (QED) is 0.594. The summed E-state index contributed by atoms with van der Waals surface area (Å²) in [5, 5.41) is 0. The van der Waals surface area contributed by atoms with Crippen molar-refractivity contribution in [1.82, 2.24) is 4.90 Å². The van der Waals surface area contributed by atoms with E-state index in [4.69, 9.17) is 0 Å². The highest BCUT2D eigenvalue weighted by Gasteiger charge is 2.06. The Balaban J connectivity index is 1.97. The summed E-state index contributed by atoms with van der Waals surface area (Å²) in [5.74, 6) is 0. The highest BCUT2D eigenvalue weighted by atomic mass is 15.1. The molecule has 1 aliphatic heterocycles.